The summed E-state index contributed by atoms with van der Waals surface area (Å²) in [4.78, 5) is 0.318. The molecule has 0 bridgehead atoms. The van der Waals surface area contributed by atoms with E-state index in [9.17, 15) is 8.42 Å². The monoisotopic (exact) mass is 298 g/mol. The fourth-order valence-electron chi connectivity index (χ4n) is 1.75. The van der Waals surface area contributed by atoms with Crippen molar-refractivity contribution in [1.29, 1.82) is 0 Å². The first-order valence-corrected chi connectivity index (χ1v) is 8.41. The number of rotatable bonds is 6. The van der Waals surface area contributed by atoms with Crippen LogP contribution in [0.15, 0.2) is 29.2 Å². The molecule has 1 rings (SSSR count). The zero-order valence-corrected chi connectivity index (χ0v) is 13.8. The highest BCUT2D eigenvalue weighted by Gasteiger charge is 2.16. The Hall–Kier alpha value is -0.910. The Labute approximate surface area is 123 Å². The fourth-order valence-corrected chi connectivity index (χ4v) is 2.78. The summed E-state index contributed by atoms with van der Waals surface area (Å²) in [5, 5.41) is 3.13. The van der Waals surface area contributed by atoms with Gasteiger partial charge in [0.2, 0.25) is 10.0 Å². The van der Waals surface area contributed by atoms with Gasteiger partial charge in [0, 0.05) is 12.6 Å². The second-order valence-corrected chi connectivity index (χ2v) is 8.05. The Balaban J connectivity index is 2.73. The van der Waals surface area contributed by atoms with E-state index in [1.807, 2.05) is 26.1 Å². The maximum atomic E-state index is 12.1. The fraction of sp³-hybridized carbons (Fsp3) is 0.600. The topological polar surface area (TPSA) is 58.2 Å². The van der Waals surface area contributed by atoms with Crippen LogP contribution in [-0.4, -0.2) is 22.0 Å². The summed E-state index contributed by atoms with van der Waals surface area (Å²) < 4.78 is 26.9. The number of nitrogens with one attached hydrogen (secondary N) is 2. The predicted octanol–water partition coefficient (Wildman–Crippen LogP) is 2.68. The maximum Gasteiger partial charge on any atom is 0.240 e. The summed E-state index contributed by atoms with van der Waals surface area (Å²) in [7, 11) is -1.52. The van der Waals surface area contributed by atoms with Gasteiger partial charge in [-0.3, -0.25) is 0 Å². The van der Waals surface area contributed by atoms with Crippen molar-refractivity contribution in [1.82, 2.24) is 10.0 Å². The van der Waals surface area contributed by atoms with Crippen molar-refractivity contribution in [3.05, 3.63) is 29.8 Å². The third-order valence-electron chi connectivity index (χ3n) is 3.29. The molecule has 114 valence electrons. The summed E-state index contributed by atoms with van der Waals surface area (Å²) in [6.45, 7) is 8.77. The molecule has 0 fully saturated rings. The Kier molecular flexibility index (Phi) is 5.74. The lowest BCUT2D eigenvalue weighted by atomic mass is 9.93. The van der Waals surface area contributed by atoms with Gasteiger partial charge in [0.15, 0.2) is 0 Å². The van der Waals surface area contributed by atoms with Crippen molar-refractivity contribution in [2.45, 2.75) is 45.1 Å². The Morgan fingerprint density at radius 3 is 2.15 bits per heavy atom. The van der Waals surface area contributed by atoms with E-state index in [4.69, 9.17) is 0 Å². The molecule has 0 spiro atoms. The molecule has 1 aromatic rings. The van der Waals surface area contributed by atoms with E-state index in [2.05, 4.69) is 30.8 Å². The molecule has 0 amide bonds. The van der Waals surface area contributed by atoms with Gasteiger partial charge < -0.3 is 5.32 Å². The van der Waals surface area contributed by atoms with E-state index in [1.54, 1.807) is 12.1 Å². The summed E-state index contributed by atoms with van der Waals surface area (Å²) in [6.07, 6.45) is 0.807. The van der Waals surface area contributed by atoms with Crippen LogP contribution >= 0.6 is 0 Å². The first-order valence-electron chi connectivity index (χ1n) is 6.92. The third kappa shape index (κ3) is 5.23. The number of hydrogen-bond acceptors (Lipinski definition) is 3. The zero-order valence-electron chi connectivity index (χ0n) is 13.0. The van der Waals surface area contributed by atoms with Crippen LogP contribution in [0.25, 0.3) is 0 Å². The Morgan fingerprint density at radius 2 is 1.70 bits per heavy atom. The van der Waals surface area contributed by atoms with Gasteiger partial charge in [0.25, 0.3) is 0 Å². The van der Waals surface area contributed by atoms with E-state index in [-0.39, 0.29) is 11.5 Å². The van der Waals surface area contributed by atoms with Gasteiger partial charge in [-0.05, 0) is 43.5 Å². The van der Waals surface area contributed by atoms with E-state index >= 15 is 0 Å². The Bertz CT molecular complexity index is 516. The van der Waals surface area contributed by atoms with Crippen molar-refractivity contribution in [2.24, 2.45) is 5.41 Å². The molecule has 0 radical (unpaired) electrons. The molecule has 0 aliphatic heterocycles. The van der Waals surface area contributed by atoms with Crippen LogP contribution in [-0.2, 0) is 10.0 Å². The zero-order chi connectivity index (χ0) is 15.4. The minimum atomic E-state index is -3.40. The molecule has 0 aromatic heterocycles. The molecule has 1 unspecified atom stereocenters. The molecule has 0 aliphatic rings. The quantitative estimate of drug-likeness (QED) is 0.849. The van der Waals surface area contributed by atoms with Gasteiger partial charge in [-0.25, -0.2) is 13.1 Å². The van der Waals surface area contributed by atoms with Gasteiger partial charge in [-0.2, -0.15) is 0 Å². The smallest absolute Gasteiger partial charge is 0.240 e. The van der Waals surface area contributed by atoms with E-state index in [1.165, 1.54) is 0 Å². The van der Waals surface area contributed by atoms with Crippen molar-refractivity contribution in [2.75, 3.05) is 13.6 Å². The lowest BCUT2D eigenvalue weighted by Crippen LogP contribution is -2.27. The van der Waals surface area contributed by atoms with Crippen molar-refractivity contribution < 1.29 is 8.42 Å². The molecule has 5 heteroatoms. The molecule has 4 nitrogen and oxygen atoms in total. The van der Waals surface area contributed by atoms with Crippen LogP contribution in [0.2, 0.25) is 0 Å². The maximum absolute atomic E-state index is 12.1. The number of benzene rings is 1. The lowest BCUT2D eigenvalue weighted by Gasteiger charge is -2.18. The molecule has 0 saturated heterocycles. The largest absolute Gasteiger partial charge is 0.313 e. The average Bonchev–Trinajstić information content (AvgIpc) is 2.36. The van der Waals surface area contributed by atoms with Crippen LogP contribution in [0.1, 0.15) is 45.7 Å². The number of hydrogen-bond donors (Lipinski definition) is 2. The van der Waals surface area contributed by atoms with Crippen LogP contribution in [0, 0.1) is 5.41 Å². The Morgan fingerprint density at radius 1 is 1.15 bits per heavy atom. The minimum Gasteiger partial charge on any atom is -0.313 e. The molecular formula is C15H26N2O2S. The van der Waals surface area contributed by atoms with E-state index in [0.717, 1.165) is 12.0 Å². The minimum absolute atomic E-state index is 0.120. The van der Waals surface area contributed by atoms with Crippen LogP contribution in [0.3, 0.4) is 0 Å². The van der Waals surface area contributed by atoms with Crippen LogP contribution in [0.4, 0.5) is 0 Å². The van der Waals surface area contributed by atoms with E-state index < -0.39 is 10.0 Å². The predicted molar refractivity (Wildman–Crippen MR) is 83.2 cm³/mol. The molecule has 2 N–H and O–H groups in total. The summed E-state index contributed by atoms with van der Waals surface area (Å²) in [5.74, 6) is 0. The van der Waals surface area contributed by atoms with Gasteiger partial charge in [0.05, 0.1) is 4.90 Å². The summed E-state index contributed by atoms with van der Waals surface area (Å²) in [5.41, 5.74) is 1.19. The van der Waals surface area contributed by atoms with Crippen LogP contribution < -0.4 is 10.0 Å². The van der Waals surface area contributed by atoms with Crippen LogP contribution in [0.5, 0.6) is 0 Å². The molecule has 0 saturated carbocycles. The van der Waals surface area contributed by atoms with Crippen molar-refractivity contribution in [3.63, 3.8) is 0 Å². The lowest BCUT2D eigenvalue weighted by molar-refractivity contribution is 0.378. The van der Waals surface area contributed by atoms with Gasteiger partial charge in [-0.15, -0.1) is 0 Å². The highest BCUT2D eigenvalue weighted by molar-refractivity contribution is 7.89. The summed E-state index contributed by atoms with van der Waals surface area (Å²) >= 11 is 0. The highest BCUT2D eigenvalue weighted by Crippen LogP contribution is 2.19. The average molecular weight is 298 g/mol. The van der Waals surface area contributed by atoms with Crippen molar-refractivity contribution in [3.8, 4) is 0 Å². The standard InChI is InChI=1S/C15H26N2O2S/c1-12(16-5)13-6-8-14(9-7-13)20(18,19)17-11-10-15(2,3)4/h6-9,12,16-17H,10-11H2,1-5H3. The third-order valence-corrected chi connectivity index (χ3v) is 4.77. The molecular weight excluding hydrogens is 272 g/mol. The van der Waals surface area contributed by atoms with Gasteiger partial charge in [-0.1, -0.05) is 32.9 Å². The van der Waals surface area contributed by atoms with Gasteiger partial charge >= 0.3 is 0 Å². The normalized spacial score (nSPS) is 14.2. The first-order chi connectivity index (χ1) is 9.15. The SMILES string of the molecule is CNC(C)c1ccc(S(=O)(=O)NCCC(C)(C)C)cc1. The van der Waals surface area contributed by atoms with Gasteiger partial charge in [0.1, 0.15) is 0 Å². The molecule has 1 atom stereocenters. The molecule has 0 heterocycles. The number of sulfonamides is 1. The molecule has 0 aliphatic carbocycles. The molecule has 1 aromatic carbocycles. The summed E-state index contributed by atoms with van der Waals surface area (Å²) in [6, 6.07) is 7.21. The highest BCUT2D eigenvalue weighted by atomic mass is 32.2. The molecule has 20 heavy (non-hydrogen) atoms. The second kappa shape index (κ2) is 6.70. The first kappa shape index (κ1) is 17.1. The van der Waals surface area contributed by atoms with E-state index in [0.29, 0.717) is 11.4 Å². The second-order valence-electron chi connectivity index (χ2n) is 6.29. The van der Waals surface area contributed by atoms with Crippen molar-refractivity contribution >= 4 is 10.0 Å².